The first-order chi connectivity index (χ1) is 15.7. The molecule has 2 heterocycles. The molecule has 0 saturated heterocycles. The minimum absolute atomic E-state index is 0.0135. The average molecular weight is 452 g/mol. The molecule has 0 aliphatic carbocycles. The Balaban J connectivity index is 1.73. The van der Waals surface area contributed by atoms with Gasteiger partial charge in [-0.2, -0.15) is 0 Å². The van der Waals surface area contributed by atoms with Crippen LogP contribution in [0.2, 0.25) is 0 Å². The lowest BCUT2D eigenvalue weighted by Crippen LogP contribution is -2.36. The molecule has 0 radical (unpaired) electrons. The van der Waals surface area contributed by atoms with Crippen molar-refractivity contribution in [2.75, 3.05) is 29.9 Å². The molecule has 1 aromatic carbocycles. The van der Waals surface area contributed by atoms with Crippen LogP contribution in [0, 0.1) is 19.3 Å². The fraction of sp³-hybridized carbons (Fsp3) is 0.519. The topological polar surface area (TPSA) is 71.5 Å². The number of carbonyl (C=O) groups excluding carboxylic acids is 2. The number of fused-ring (bicyclic) bond motifs is 1. The molecule has 2 aromatic rings. The van der Waals surface area contributed by atoms with Gasteiger partial charge in [-0.25, -0.2) is 4.79 Å². The highest BCUT2D eigenvalue weighted by Gasteiger charge is 2.33. The van der Waals surface area contributed by atoms with E-state index in [1.165, 1.54) is 42.3 Å². The highest BCUT2D eigenvalue weighted by Crippen LogP contribution is 2.41. The normalized spacial score (nSPS) is 13.1. The molecule has 3 rings (SSSR count). The molecule has 33 heavy (non-hydrogen) atoms. The smallest absolute Gasteiger partial charge is 0.339 e. The molecule has 0 spiro atoms. The summed E-state index contributed by atoms with van der Waals surface area (Å²) in [4.78, 5) is 32.0. The number of unbranched alkanes of at least 4 members (excludes halogenated alkanes) is 3. The monoisotopic (exact) mass is 451 g/mol. The first kappa shape index (κ1) is 24.7. The third kappa shape index (κ3) is 5.92. The van der Waals surface area contributed by atoms with Gasteiger partial charge < -0.3 is 15.0 Å². The number of esters is 1. The fourth-order valence-corrected chi connectivity index (χ4v) is 4.30. The Morgan fingerprint density at radius 3 is 2.67 bits per heavy atom. The number of carbonyl (C=O) groups is 2. The number of nitrogens with zero attached hydrogens (tertiary/aromatic N) is 2. The van der Waals surface area contributed by atoms with Crippen molar-refractivity contribution in [2.24, 2.45) is 5.41 Å². The molecule has 6 heteroatoms. The summed E-state index contributed by atoms with van der Waals surface area (Å²) in [5.74, 6) is -0.636. The summed E-state index contributed by atoms with van der Waals surface area (Å²) in [6, 6.07) is 5.49. The van der Waals surface area contributed by atoms with Crippen LogP contribution in [0.25, 0.3) is 0 Å². The van der Waals surface area contributed by atoms with Gasteiger partial charge in [0.2, 0.25) is 5.91 Å². The van der Waals surface area contributed by atoms with Crippen molar-refractivity contribution in [3.8, 4) is 0 Å². The van der Waals surface area contributed by atoms with Gasteiger partial charge in [0, 0.05) is 25.5 Å². The fourth-order valence-electron chi connectivity index (χ4n) is 4.30. The Kier molecular flexibility index (Phi) is 8.11. The highest BCUT2D eigenvalue weighted by atomic mass is 16.5. The molecular weight excluding hydrogens is 414 g/mol. The van der Waals surface area contributed by atoms with E-state index >= 15 is 0 Å². The van der Waals surface area contributed by atoms with Gasteiger partial charge in [-0.05, 0) is 69.4 Å². The summed E-state index contributed by atoms with van der Waals surface area (Å²) in [6.07, 6.45) is 8.92. The van der Waals surface area contributed by atoms with E-state index in [-0.39, 0.29) is 12.5 Å². The number of anilines is 2. The zero-order valence-electron chi connectivity index (χ0n) is 20.7. The molecule has 1 aromatic heterocycles. The first-order valence-electron chi connectivity index (χ1n) is 12.0. The van der Waals surface area contributed by atoms with Crippen LogP contribution in [0.3, 0.4) is 0 Å². The molecule has 1 aliphatic rings. The number of hydrogen-bond donors (Lipinski definition) is 1. The lowest BCUT2D eigenvalue weighted by atomic mass is 9.92. The number of pyridine rings is 1. The van der Waals surface area contributed by atoms with Gasteiger partial charge in [0.1, 0.15) is 6.61 Å². The second-order valence-electron chi connectivity index (χ2n) is 9.67. The third-order valence-corrected chi connectivity index (χ3v) is 6.37. The Labute approximate surface area is 197 Å². The van der Waals surface area contributed by atoms with E-state index in [1.54, 1.807) is 32.2 Å². The molecule has 6 nitrogen and oxygen atoms in total. The van der Waals surface area contributed by atoms with E-state index in [1.807, 2.05) is 6.92 Å². The Morgan fingerprint density at radius 1 is 1.18 bits per heavy atom. The van der Waals surface area contributed by atoms with Crippen LogP contribution < -0.4 is 10.2 Å². The number of nitrogens with one attached hydrogen (secondary N) is 1. The second-order valence-corrected chi connectivity index (χ2v) is 9.67. The maximum atomic E-state index is 13.3. The third-order valence-electron chi connectivity index (χ3n) is 6.37. The maximum absolute atomic E-state index is 13.3. The molecule has 0 fully saturated rings. The second kappa shape index (κ2) is 10.8. The standard InChI is InChI=1S/C27H37N3O3/c1-6-7-8-9-14-30-15-12-22-19(2)16-20(3)23(24(22)30)29-26(32)27(4,5)18-33-25(31)21-11-10-13-28-17-21/h10-11,13,16-17H,6-9,12,14-15,18H2,1-5H3,(H,29,32). The predicted octanol–water partition coefficient (Wildman–Crippen LogP) is 5.46. The molecule has 0 atom stereocenters. The van der Waals surface area contributed by atoms with Gasteiger partial charge in [0.15, 0.2) is 0 Å². The van der Waals surface area contributed by atoms with E-state index in [4.69, 9.17) is 4.74 Å². The van der Waals surface area contributed by atoms with Crippen molar-refractivity contribution in [3.05, 3.63) is 52.8 Å². The first-order valence-corrected chi connectivity index (χ1v) is 12.0. The van der Waals surface area contributed by atoms with Gasteiger partial charge in [-0.15, -0.1) is 0 Å². The lowest BCUT2D eigenvalue weighted by Gasteiger charge is -2.28. The van der Waals surface area contributed by atoms with Crippen molar-refractivity contribution in [1.29, 1.82) is 0 Å². The number of amides is 1. The van der Waals surface area contributed by atoms with Crippen molar-refractivity contribution in [2.45, 2.75) is 66.7 Å². The number of aryl methyl sites for hydroxylation is 2. The summed E-state index contributed by atoms with van der Waals surface area (Å²) in [6.45, 7) is 12.0. The van der Waals surface area contributed by atoms with Crippen LogP contribution in [-0.4, -0.2) is 36.6 Å². The Hall–Kier alpha value is -2.89. The zero-order chi connectivity index (χ0) is 24.0. The largest absolute Gasteiger partial charge is 0.461 e. The zero-order valence-corrected chi connectivity index (χ0v) is 20.7. The van der Waals surface area contributed by atoms with Crippen molar-refractivity contribution >= 4 is 23.3 Å². The summed E-state index contributed by atoms with van der Waals surface area (Å²) >= 11 is 0. The molecule has 0 unspecified atom stereocenters. The molecular formula is C27H37N3O3. The quantitative estimate of drug-likeness (QED) is 0.383. The average Bonchev–Trinajstić information content (AvgIpc) is 3.22. The van der Waals surface area contributed by atoms with E-state index < -0.39 is 11.4 Å². The number of aromatic nitrogens is 1. The van der Waals surface area contributed by atoms with Crippen LogP contribution in [0.1, 0.15) is 73.5 Å². The van der Waals surface area contributed by atoms with Gasteiger partial charge >= 0.3 is 5.97 Å². The van der Waals surface area contributed by atoms with Crippen LogP contribution in [0.15, 0.2) is 30.6 Å². The van der Waals surface area contributed by atoms with Crippen LogP contribution >= 0.6 is 0 Å². The number of benzene rings is 1. The van der Waals surface area contributed by atoms with Gasteiger partial charge in [0.05, 0.1) is 22.4 Å². The minimum atomic E-state index is -0.882. The SMILES string of the molecule is CCCCCCN1CCc2c(C)cc(C)c(NC(=O)C(C)(C)COC(=O)c3cccnc3)c21. The molecule has 1 N–H and O–H groups in total. The summed E-state index contributed by atoms with van der Waals surface area (Å²) < 4.78 is 5.44. The summed E-state index contributed by atoms with van der Waals surface area (Å²) in [7, 11) is 0. The molecule has 178 valence electrons. The van der Waals surface area contributed by atoms with Crippen LogP contribution in [0.5, 0.6) is 0 Å². The molecule has 1 aliphatic heterocycles. The van der Waals surface area contributed by atoms with Gasteiger partial charge in [-0.3, -0.25) is 9.78 Å². The minimum Gasteiger partial charge on any atom is -0.461 e. The van der Waals surface area contributed by atoms with Gasteiger partial charge in [-0.1, -0.05) is 32.3 Å². The summed E-state index contributed by atoms with van der Waals surface area (Å²) in [5.41, 5.74) is 5.21. The van der Waals surface area contributed by atoms with Gasteiger partial charge in [0.25, 0.3) is 0 Å². The summed E-state index contributed by atoms with van der Waals surface area (Å²) in [5, 5.41) is 3.19. The molecule has 1 amide bonds. The number of rotatable bonds is 10. The van der Waals surface area contributed by atoms with E-state index in [0.29, 0.717) is 5.56 Å². The van der Waals surface area contributed by atoms with Crippen molar-refractivity contribution in [3.63, 3.8) is 0 Å². The Bertz CT molecular complexity index is 986. The lowest BCUT2D eigenvalue weighted by molar-refractivity contribution is -0.125. The van der Waals surface area contributed by atoms with Crippen molar-refractivity contribution in [1.82, 2.24) is 4.98 Å². The van der Waals surface area contributed by atoms with Crippen molar-refractivity contribution < 1.29 is 14.3 Å². The Morgan fingerprint density at radius 2 is 1.97 bits per heavy atom. The number of ether oxygens (including phenoxy) is 1. The highest BCUT2D eigenvalue weighted by molar-refractivity contribution is 6.00. The maximum Gasteiger partial charge on any atom is 0.339 e. The molecule has 0 saturated carbocycles. The van der Waals surface area contributed by atoms with E-state index in [0.717, 1.165) is 37.2 Å². The number of hydrogen-bond acceptors (Lipinski definition) is 5. The van der Waals surface area contributed by atoms with E-state index in [2.05, 4.69) is 35.1 Å². The predicted molar refractivity (Wildman–Crippen MR) is 133 cm³/mol. The van der Waals surface area contributed by atoms with Crippen LogP contribution in [-0.2, 0) is 16.0 Å². The van der Waals surface area contributed by atoms with Crippen LogP contribution in [0.4, 0.5) is 11.4 Å². The van der Waals surface area contributed by atoms with E-state index in [9.17, 15) is 9.59 Å². The molecule has 0 bridgehead atoms.